The number of alkyl halides is 3. The summed E-state index contributed by atoms with van der Waals surface area (Å²) in [5.41, 5.74) is 0.633. The van der Waals surface area contributed by atoms with Gasteiger partial charge >= 0.3 is 6.18 Å². The second kappa shape index (κ2) is 5.21. The Bertz CT molecular complexity index is 350. The molecule has 0 aliphatic carbocycles. The molecular formula is C11H14F3NO. The van der Waals surface area contributed by atoms with E-state index in [4.69, 9.17) is 4.74 Å². The molecule has 16 heavy (non-hydrogen) atoms. The van der Waals surface area contributed by atoms with Crippen LogP contribution < -0.4 is 5.32 Å². The quantitative estimate of drug-likeness (QED) is 0.807. The molecule has 0 saturated heterocycles. The number of benzene rings is 1. The fourth-order valence-electron chi connectivity index (χ4n) is 1.28. The molecule has 2 nitrogen and oxygen atoms in total. The molecule has 1 aromatic carbocycles. The van der Waals surface area contributed by atoms with E-state index in [1.165, 1.54) is 6.07 Å². The van der Waals surface area contributed by atoms with Crippen molar-refractivity contribution in [3.63, 3.8) is 0 Å². The first kappa shape index (κ1) is 12.8. The van der Waals surface area contributed by atoms with Gasteiger partial charge in [-0.15, -0.1) is 0 Å². The van der Waals surface area contributed by atoms with Gasteiger partial charge in [0.05, 0.1) is 12.2 Å². The molecule has 0 heterocycles. The van der Waals surface area contributed by atoms with Gasteiger partial charge in [0.15, 0.2) is 0 Å². The van der Waals surface area contributed by atoms with E-state index in [2.05, 4.69) is 5.32 Å². The van der Waals surface area contributed by atoms with Crippen molar-refractivity contribution in [3.05, 3.63) is 29.3 Å². The molecule has 0 aliphatic heterocycles. The predicted octanol–water partition coefficient (Wildman–Crippen LogP) is 3.07. The first-order chi connectivity index (χ1) is 7.45. The van der Waals surface area contributed by atoms with Crippen molar-refractivity contribution in [1.82, 2.24) is 0 Å². The van der Waals surface area contributed by atoms with E-state index in [-0.39, 0.29) is 0 Å². The fraction of sp³-hybridized carbons (Fsp3) is 0.455. The van der Waals surface area contributed by atoms with Crippen molar-refractivity contribution in [2.75, 3.05) is 25.6 Å². The van der Waals surface area contributed by atoms with Gasteiger partial charge in [-0.2, -0.15) is 13.2 Å². The molecule has 0 aliphatic rings. The van der Waals surface area contributed by atoms with Gasteiger partial charge in [0.2, 0.25) is 0 Å². The van der Waals surface area contributed by atoms with Crippen LogP contribution in [0.1, 0.15) is 11.1 Å². The van der Waals surface area contributed by atoms with Gasteiger partial charge in [-0.1, -0.05) is 6.07 Å². The van der Waals surface area contributed by atoms with Crippen molar-refractivity contribution in [3.8, 4) is 0 Å². The van der Waals surface area contributed by atoms with E-state index in [9.17, 15) is 13.2 Å². The highest BCUT2D eigenvalue weighted by molar-refractivity contribution is 5.53. The van der Waals surface area contributed by atoms with Crippen molar-refractivity contribution >= 4 is 5.69 Å². The lowest BCUT2D eigenvalue weighted by atomic mass is 10.1. The number of hydrogen-bond donors (Lipinski definition) is 1. The maximum Gasteiger partial charge on any atom is 0.416 e. The second-order valence-electron chi connectivity index (χ2n) is 3.45. The van der Waals surface area contributed by atoms with Crippen LogP contribution in [0, 0.1) is 6.92 Å². The molecule has 0 spiro atoms. The molecule has 5 heteroatoms. The molecule has 0 atom stereocenters. The average Bonchev–Trinajstić information content (AvgIpc) is 2.19. The lowest BCUT2D eigenvalue weighted by Gasteiger charge is -2.12. The highest BCUT2D eigenvalue weighted by atomic mass is 19.4. The third-order valence-electron chi connectivity index (χ3n) is 2.19. The van der Waals surface area contributed by atoms with E-state index in [1.807, 2.05) is 0 Å². The molecule has 0 bridgehead atoms. The van der Waals surface area contributed by atoms with Crippen LogP contribution in [0.5, 0.6) is 0 Å². The first-order valence-corrected chi connectivity index (χ1v) is 4.86. The van der Waals surface area contributed by atoms with Crippen LogP contribution in [0.25, 0.3) is 0 Å². The summed E-state index contributed by atoms with van der Waals surface area (Å²) >= 11 is 0. The van der Waals surface area contributed by atoms with Gasteiger partial charge in [-0.05, 0) is 24.6 Å². The van der Waals surface area contributed by atoms with E-state index in [0.29, 0.717) is 18.8 Å². The first-order valence-electron chi connectivity index (χ1n) is 4.86. The molecule has 1 N–H and O–H groups in total. The normalized spacial score (nSPS) is 11.6. The predicted molar refractivity (Wildman–Crippen MR) is 56.5 cm³/mol. The minimum absolute atomic E-state index is 0.454. The highest BCUT2D eigenvalue weighted by Gasteiger charge is 2.30. The fourth-order valence-corrected chi connectivity index (χ4v) is 1.28. The summed E-state index contributed by atoms with van der Waals surface area (Å²) in [5, 5.41) is 2.90. The van der Waals surface area contributed by atoms with E-state index in [1.54, 1.807) is 14.0 Å². The maximum atomic E-state index is 12.4. The molecular weight excluding hydrogens is 219 g/mol. The molecule has 90 valence electrons. The summed E-state index contributed by atoms with van der Waals surface area (Å²) in [7, 11) is 1.54. The molecule has 0 radical (unpaired) electrons. The molecule has 1 aromatic rings. The topological polar surface area (TPSA) is 21.3 Å². The van der Waals surface area contributed by atoms with E-state index in [0.717, 1.165) is 17.7 Å². The SMILES string of the molecule is COCCNc1cc(C(F)(F)F)ccc1C. The average molecular weight is 233 g/mol. The van der Waals surface area contributed by atoms with Crippen LogP contribution in [0.4, 0.5) is 18.9 Å². The number of nitrogens with one attached hydrogen (secondary N) is 1. The van der Waals surface area contributed by atoms with Crippen molar-refractivity contribution in [1.29, 1.82) is 0 Å². The number of ether oxygens (including phenoxy) is 1. The Morgan fingerprint density at radius 3 is 2.56 bits per heavy atom. The Labute approximate surface area is 92.4 Å². The summed E-state index contributed by atoms with van der Waals surface area (Å²) in [5.74, 6) is 0. The third-order valence-corrected chi connectivity index (χ3v) is 2.19. The Balaban J connectivity index is 2.83. The molecule has 0 aromatic heterocycles. The summed E-state index contributed by atoms with van der Waals surface area (Å²) in [4.78, 5) is 0. The van der Waals surface area contributed by atoms with Crippen LogP contribution in [0.2, 0.25) is 0 Å². The van der Waals surface area contributed by atoms with Gasteiger partial charge in [0.1, 0.15) is 0 Å². The van der Waals surface area contributed by atoms with Gasteiger partial charge in [-0.3, -0.25) is 0 Å². The summed E-state index contributed by atoms with van der Waals surface area (Å²) in [6.45, 7) is 2.70. The van der Waals surface area contributed by atoms with Crippen LogP contribution in [-0.4, -0.2) is 20.3 Å². The maximum absolute atomic E-state index is 12.4. The largest absolute Gasteiger partial charge is 0.416 e. The van der Waals surface area contributed by atoms with Crippen molar-refractivity contribution < 1.29 is 17.9 Å². The molecule has 0 fully saturated rings. The number of aryl methyl sites for hydroxylation is 1. The molecule has 1 rings (SSSR count). The van der Waals surface area contributed by atoms with Crippen molar-refractivity contribution in [2.24, 2.45) is 0 Å². The summed E-state index contributed by atoms with van der Waals surface area (Å²) in [6.07, 6.45) is -4.30. The van der Waals surface area contributed by atoms with Crippen LogP contribution in [-0.2, 0) is 10.9 Å². The number of anilines is 1. The van der Waals surface area contributed by atoms with Crippen molar-refractivity contribution in [2.45, 2.75) is 13.1 Å². The Hall–Kier alpha value is -1.23. The van der Waals surface area contributed by atoms with Crippen LogP contribution >= 0.6 is 0 Å². The summed E-state index contributed by atoms with van der Waals surface area (Å²) in [6, 6.07) is 3.65. The standard InChI is InChI=1S/C11H14F3NO/c1-8-3-4-9(11(12,13)14)7-10(8)15-5-6-16-2/h3-4,7,15H,5-6H2,1-2H3. The van der Waals surface area contributed by atoms with Gasteiger partial charge in [0.25, 0.3) is 0 Å². The molecule has 0 amide bonds. The van der Waals surface area contributed by atoms with Crippen LogP contribution in [0.3, 0.4) is 0 Å². The second-order valence-corrected chi connectivity index (χ2v) is 3.45. The number of rotatable bonds is 4. The Kier molecular flexibility index (Phi) is 4.18. The minimum atomic E-state index is -4.30. The zero-order valence-electron chi connectivity index (χ0n) is 9.19. The van der Waals surface area contributed by atoms with E-state index < -0.39 is 11.7 Å². The highest BCUT2D eigenvalue weighted by Crippen LogP contribution is 2.31. The molecule has 0 unspecified atom stereocenters. The number of methoxy groups -OCH3 is 1. The number of hydrogen-bond acceptors (Lipinski definition) is 2. The van der Waals surface area contributed by atoms with Crippen LogP contribution in [0.15, 0.2) is 18.2 Å². The smallest absolute Gasteiger partial charge is 0.383 e. The zero-order chi connectivity index (χ0) is 12.2. The lowest BCUT2D eigenvalue weighted by Crippen LogP contribution is -2.11. The van der Waals surface area contributed by atoms with Gasteiger partial charge in [-0.25, -0.2) is 0 Å². The third kappa shape index (κ3) is 3.41. The summed E-state index contributed by atoms with van der Waals surface area (Å²) < 4.78 is 42.1. The monoisotopic (exact) mass is 233 g/mol. The van der Waals surface area contributed by atoms with E-state index >= 15 is 0 Å². The molecule has 0 saturated carbocycles. The Morgan fingerprint density at radius 1 is 1.31 bits per heavy atom. The van der Waals surface area contributed by atoms with Gasteiger partial charge < -0.3 is 10.1 Å². The number of halogens is 3. The lowest BCUT2D eigenvalue weighted by molar-refractivity contribution is -0.137. The van der Waals surface area contributed by atoms with Gasteiger partial charge in [0, 0.05) is 19.3 Å². The Morgan fingerprint density at radius 2 is 2.00 bits per heavy atom. The minimum Gasteiger partial charge on any atom is -0.383 e. The zero-order valence-corrected chi connectivity index (χ0v) is 9.19.